The molecule has 0 radical (unpaired) electrons. The second kappa shape index (κ2) is 7.58. The van der Waals surface area contributed by atoms with Crippen molar-refractivity contribution in [3.8, 4) is 0 Å². The molecule has 0 amide bonds. The van der Waals surface area contributed by atoms with Gasteiger partial charge in [0.1, 0.15) is 0 Å². The van der Waals surface area contributed by atoms with Crippen molar-refractivity contribution < 1.29 is 9.53 Å². The Morgan fingerprint density at radius 3 is 2.48 bits per heavy atom. The van der Waals surface area contributed by atoms with E-state index in [1.54, 1.807) is 0 Å². The molecule has 21 heavy (non-hydrogen) atoms. The quantitative estimate of drug-likeness (QED) is 0.557. The van der Waals surface area contributed by atoms with E-state index in [0.29, 0.717) is 0 Å². The van der Waals surface area contributed by atoms with Crippen LogP contribution < -0.4 is 5.32 Å². The molecule has 0 fully saturated rings. The fraction of sp³-hybridized carbons (Fsp3) is 0.588. The number of rotatable bonds is 7. The summed E-state index contributed by atoms with van der Waals surface area (Å²) in [4.78, 5) is 12.4. The maximum atomic E-state index is 12.4. The molecule has 1 aromatic carbocycles. The summed E-state index contributed by atoms with van der Waals surface area (Å²) in [5.41, 5.74) is 0.578. The highest BCUT2D eigenvalue weighted by atomic mass is 127. The summed E-state index contributed by atoms with van der Waals surface area (Å²) in [6, 6.07) is 8.12. The lowest BCUT2D eigenvalue weighted by Gasteiger charge is -2.32. The molecule has 0 saturated carbocycles. The lowest BCUT2D eigenvalue weighted by atomic mass is 9.74. The van der Waals surface area contributed by atoms with Crippen LogP contribution in [0.25, 0.3) is 0 Å². The molecule has 0 heterocycles. The summed E-state index contributed by atoms with van der Waals surface area (Å²) in [5.74, 6) is -0.162. The number of esters is 1. The predicted octanol–water partition coefficient (Wildman–Crippen LogP) is 3.75. The second-order valence-corrected chi connectivity index (χ2v) is 7.77. The molecule has 1 unspecified atom stereocenters. The second-order valence-electron chi connectivity index (χ2n) is 6.53. The number of methoxy groups -OCH3 is 1. The minimum atomic E-state index is -0.596. The Hall–Kier alpha value is -0.620. The van der Waals surface area contributed by atoms with Crippen molar-refractivity contribution in [2.24, 2.45) is 5.41 Å². The van der Waals surface area contributed by atoms with E-state index in [1.807, 2.05) is 32.2 Å². The van der Waals surface area contributed by atoms with Crippen LogP contribution in [-0.2, 0) is 14.9 Å². The van der Waals surface area contributed by atoms with Gasteiger partial charge in [0, 0.05) is 3.57 Å². The molecule has 0 aliphatic carbocycles. The topological polar surface area (TPSA) is 38.3 Å². The highest BCUT2D eigenvalue weighted by Crippen LogP contribution is 2.35. The van der Waals surface area contributed by atoms with Crippen LogP contribution in [0, 0.1) is 8.99 Å². The van der Waals surface area contributed by atoms with Gasteiger partial charge in [-0.1, -0.05) is 26.0 Å². The van der Waals surface area contributed by atoms with Gasteiger partial charge < -0.3 is 10.1 Å². The largest absolute Gasteiger partial charge is 0.468 e. The molecular weight excluding hydrogens is 377 g/mol. The lowest BCUT2D eigenvalue weighted by Crippen LogP contribution is -2.36. The molecule has 118 valence electrons. The van der Waals surface area contributed by atoms with Gasteiger partial charge in [-0.25, -0.2) is 0 Å². The minimum Gasteiger partial charge on any atom is -0.468 e. The average Bonchev–Trinajstić information content (AvgIpc) is 2.44. The standard InChI is InChI=1S/C17H26INO2/c1-16(2,12-19-4)9-10-17(3,15(20)21-5)13-7-6-8-14(18)11-13/h6-8,11,19H,9-10,12H2,1-5H3. The van der Waals surface area contributed by atoms with Gasteiger partial charge in [0.25, 0.3) is 0 Å². The van der Waals surface area contributed by atoms with Gasteiger partial charge in [0.05, 0.1) is 12.5 Å². The van der Waals surface area contributed by atoms with Crippen LogP contribution in [0.3, 0.4) is 0 Å². The Morgan fingerprint density at radius 2 is 1.95 bits per heavy atom. The first-order valence-corrected chi connectivity index (χ1v) is 8.32. The SMILES string of the molecule is CNCC(C)(C)CCC(C)(C(=O)OC)c1cccc(I)c1. The third-order valence-electron chi connectivity index (χ3n) is 4.05. The smallest absolute Gasteiger partial charge is 0.315 e. The van der Waals surface area contributed by atoms with Crippen molar-refractivity contribution in [2.75, 3.05) is 20.7 Å². The summed E-state index contributed by atoms with van der Waals surface area (Å²) in [6.07, 6.45) is 1.72. The molecule has 0 saturated heterocycles. The molecule has 0 spiro atoms. The molecule has 3 nitrogen and oxygen atoms in total. The maximum Gasteiger partial charge on any atom is 0.315 e. The Labute approximate surface area is 142 Å². The zero-order valence-corrected chi connectivity index (χ0v) is 15.8. The van der Waals surface area contributed by atoms with E-state index < -0.39 is 5.41 Å². The first-order chi connectivity index (χ1) is 9.75. The zero-order chi connectivity index (χ0) is 16.1. The third kappa shape index (κ3) is 4.95. The number of halogens is 1. The van der Waals surface area contributed by atoms with Crippen molar-refractivity contribution in [3.05, 3.63) is 33.4 Å². The highest BCUT2D eigenvalue weighted by Gasteiger charge is 2.37. The molecular formula is C17H26INO2. The number of ether oxygens (including phenoxy) is 1. The Balaban J connectivity index is 3.03. The van der Waals surface area contributed by atoms with Crippen molar-refractivity contribution in [3.63, 3.8) is 0 Å². The number of carbonyl (C=O) groups is 1. The summed E-state index contributed by atoms with van der Waals surface area (Å²) >= 11 is 2.28. The lowest BCUT2D eigenvalue weighted by molar-refractivity contribution is -0.147. The van der Waals surface area contributed by atoms with Crippen LogP contribution in [0.15, 0.2) is 24.3 Å². The van der Waals surface area contributed by atoms with Crippen molar-refractivity contribution in [1.29, 1.82) is 0 Å². The van der Waals surface area contributed by atoms with Gasteiger partial charge in [-0.3, -0.25) is 4.79 Å². The third-order valence-corrected chi connectivity index (χ3v) is 4.73. The Bertz CT molecular complexity index is 487. The fourth-order valence-corrected chi connectivity index (χ4v) is 3.12. The summed E-state index contributed by atoms with van der Waals surface area (Å²) in [5, 5.41) is 3.22. The monoisotopic (exact) mass is 403 g/mol. The van der Waals surface area contributed by atoms with Gasteiger partial charge in [-0.2, -0.15) is 0 Å². The van der Waals surface area contributed by atoms with Crippen LogP contribution in [0.2, 0.25) is 0 Å². The van der Waals surface area contributed by atoms with Crippen LogP contribution in [-0.4, -0.2) is 26.7 Å². The Kier molecular flexibility index (Phi) is 6.66. The van der Waals surface area contributed by atoms with Crippen LogP contribution in [0.1, 0.15) is 39.2 Å². The van der Waals surface area contributed by atoms with E-state index in [-0.39, 0.29) is 11.4 Å². The Morgan fingerprint density at radius 1 is 1.29 bits per heavy atom. The van der Waals surface area contributed by atoms with Crippen LogP contribution in [0.5, 0.6) is 0 Å². The molecule has 1 atom stereocenters. The summed E-state index contributed by atoms with van der Waals surface area (Å²) < 4.78 is 6.21. The normalized spacial score (nSPS) is 14.6. The zero-order valence-electron chi connectivity index (χ0n) is 13.6. The molecule has 1 N–H and O–H groups in total. The number of carbonyl (C=O) groups excluding carboxylic acids is 1. The molecule has 0 aliphatic heterocycles. The van der Waals surface area contributed by atoms with Crippen molar-refractivity contribution in [1.82, 2.24) is 5.32 Å². The van der Waals surface area contributed by atoms with Crippen LogP contribution >= 0.6 is 22.6 Å². The minimum absolute atomic E-state index is 0.145. The predicted molar refractivity (Wildman–Crippen MR) is 95.5 cm³/mol. The van der Waals surface area contributed by atoms with E-state index in [9.17, 15) is 4.79 Å². The van der Waals surface area contributed by atoms with Crippen LogP contribution in [0.4, 0.5) is 0 Å². The van der Waals surface area contributed by atoms with E-state index in [0.717, 1.165) is 28.5 Å². The number of hydrogen-bond donors (Lipinski definition) is 1. The first-order valence-electron chi connectivity index (χ1n) is 7.24. The van der Waals surface area contributed by atoms with Gasteiger partial charge >= 0.3 is 5.97 Å². The molecule has 1 rings (SSSR count). The molecule has 0 bridgehead atoms. The van der Waals surface area contributed by atoms with E-state index >= 15 is 0 Å². The van der Waals surface area contributed by atoms with Gasteiger partial charge in [0.2, 0.25) is 0 Å². The fourth-order valence-electron chi connectivity index (χ4n) is 2.58. The highest BCUT2D eigenvalue weighted by molar-refractivity contribution is 14.1. The van der Waals surface area contributed by atoms with E-state index in [4.69, 9.17) is 4.74 Å². The van der Waals surface area contributed by atoms with Gasteiger partial charge in [-0.05, 0) is 79.1 Å². The van der Waals surface area contributed by atoms with Gasteiger partial charge in [0.15, 0.2) is 0 Å². The maximum absolute atomic E-state index is 12.4. The molecule has 0 aromatic heterocycles. The van der Waals surface area contributed by atoms with Crippen molar-refractivity contribution in [2.45, 2.75) is 39.0 Å². The van der Waals surface area contributed by atoms with Crippen molar-refractivity contribution >= 4 is 28.6 Å². The first kappa shape index (κ1) is 18.4. The van der Waals surface area contributed by atoms with E-state index in [2.05, 4.69) is 47.8 Å². The molecule has 1 aromatic rings. The van der Waals surface area contributed by atoms with Gasteiger partial charge in [-0.15, -0.1) is 0 Å². The number of hydrogen-bond acceptors (Lipinski definition) is 3. The van der Waals surface area contributed by atoms with E-state index in [1.165, 1.54) is 7.11 Å². The molecule has 0 aliphatic rings. The number of benzene rings is 1. The summed E-state index contributed by atoms with van der Waals surface area (Å²) in [7, 11) is 3.42. The average molecular weight is 403 g/mol. The summed E-state index contributed by atoms with van der Waals surface area (Å²) in [6.45, 7) is 7.35. The number of nitrogens with one attached hydrogen (secondary N) is 1. The molecule has 4 heteroatoms.